The van der Waals surface area contributed by atoms with E-state index in [9.17, 15) is 24.3 Å². The zero-order valence-electron chi connectivity index (χ0n) is 21.2. The Morgan fingerprint density at radius 3 is 2.37 bits per heavy atom. The highest BCUT2D eigenvalue weighted by atomic mass is 16.6. The minimum atomic E-state index is -2.17. The Labute approximate surface area is 204 Å². The number of carbonyl (C=O) groups excluding carboxylic acids is 4. The van der Waals surface area contributed by atoms with Gasteiger partial charge in [-0.25, -0.2) is 4.79 Å². The predicted octanol–water partition coefficient (Wildman–Crippen LogP) is 2.73. The number of aliphatic hydroxyl groups is 1. The molecule has 2 spiro atoms. The second-order valence-corrected chi connectivity index (χ2v) is 11.7. The molecular weight excluding hydrogens is 452 g/mol. The van der Waals surface area contributed by atoms with Crippen molar-refractivity contribution in [1.82, 2.24) is 0 Å². The summed E-state index contributed by atoms with van der Waals surface area (Å²) in [5.41, 5.74) is -6.77. The van der Waals surface area contributed by atoms with Crippen LogP contribution in [0.15, 0.2) is 35.5 Å². The molecule has 0 unspecified atom stereocenters. The van der Waals surface area contributed by atoms with Gasteiger partial charge in [0.2, 0.25) is 0 Å². The average Bonchev–Trinajstić information content (AvgIpc) is 3.01. The molecular formula is C27H32O8. The van der Waals surface area contributed by atoms with Crippen molar-refractivity contribution in [2.45, 2.75) is 84.7 Å². The maximum atomic E-state index is 14.2. The van der Waals surface area contributed by atoms with Crippen LogP contribution in [0.25, 0.3) is 0 Å². The molecule has 3 aliphatic carbocycles. The Morgan fingerprint density at radius 1 is 1.17 bits per heavy atom. The van der Waals surface area contributed by atoms with Crippen LogP contribution in [0.2, 0.25) is 0 Å². The van der Waals surface area contributed by atoms with E-state index in [2.05, 4.69) is 6.58 Å². The van der Waals surface area contributed by atoms with Gasteiger partial charge in [-0.2, -0.15) is 0 Å². The number of hydrogen-bond donors (Lipinski definition) is 1. The molecule has 0 amide bonds. The van der Waals surface area contributed by atoms with Gasteiger partial charge in [0.25, 0.3) is 0 Å². The summed E-state index contributed by atoms with van der Waals surface area (Å²) >= 11 is 0. The van der Waals surface area contributed by atoms with Crippen LogP contribution in [0.4, 0.5) is 0 Å². The molecule has 2 heterocycles. The molecule has 5 aliphatic rings. The summed E-state index contributed by atoms with van der Waals surface area (Å²) in [5, 5.41) is 12.1. The third-order valence-corrected chi connectivity index (χ3v) is 10.2. The molecule has 0 aromatic rings. The van der Waals surface area contributed by atoms with E-state index >= 15 is 0 Å². The summed E-state index contributed by atoms with van der Waals surface area (Å²) in [4.78, 5) is 52.4. The second kappa shape index (κ2) is 6.33. The first-order chi connectivity index (χ1) is 16.0. The molecule has 2 aliphatic heterocycles. The number of Topliss-reactive ketones (excluding diaryl/α,β-unsaturated/α-hetero) is 1. The molecule has 5 rings (SSSR count). The van der Waals surface area contributed by atoms with Crippen LogP contribution in [0.5, 0.6) is 0 Å². The molecule has 0 aromatic carbocycles. The number of rotatable bonds is 1. The summed E-state index contributed by atoms with van der Waals surface area (Å²) in [7, 11) is 0. The lowest BCUT2D eigenvalue weighted by Crippen LogP contribution is -2.64. The standard InChI is InChI=1S/C27H32O8/c1-13-18-19(34-16(4)28)24(8)14(2)26(21(31)33-15(3)27(26,32)20(24)30)23(18,7)11-12-25(13)10-9-17(29)35-22(25,5)6/h9-10,15,19,32H,2,11-12H2,1,3-8H3/t15-,19+,23+,24+,25+,26+,27-/m0/s1. The highest BCUT2D eigenvalue weighted by Gasteiger charge is 2.90. The Kier molecular flexibility index (Phi) is 4.33. The Balaban J connectivity index is 1.93. The fourth-order valence-corrected chi connectivity index (χ4v) is 8.36. The minimum absolute atomic E-state index is 0.220. The smallest absolute Gasteiger partial charge is 0.331 e. The van der Waals surface area contributed by atoms with Crippen molar-refractivity contribution >= 4 is 23.7 Å². The quantitative estimate of drug-likeness (QED) is 0.343. The number of fused-ring (bicyclic) bond motifs is 2. The van der Waals surface area contributed by atoms with Gasteiger partial charge in [-0.15, -0.1) is 0 Å². The van der Waals surface area contributed by atoms with Crippen molar-refractivity contribution in [2.75, 3.05) is 0 Å². The lowest BCUT2D eigenvalue weighted by molar-refractivity contribution is -0.167. The molecule has 2 bridgehead atoms. The highest BCUT2D eigenvalue weighted by molar-refractivity contribution is 6.12. The average molecular weight is 485 g/mol. The van der Waals surface area contributed by atoms with Crippen LogP contribution in [0.3, 0.4) is 0 Å². The van der Waals surface area contributed by atoms with Crippen LogP contribution >= 0.6 is 0 Å². The summed E-state index contributed by atoms with van der Waals surface area (Å²) < 4.78 is 17.2. The van der Waals surface area contributed by atoms with Gasteiger partial charge in [0.05, 0.1) is 5.41 Å². The summed E-state index contributed by atoms with van der Waals surface area (Å²) in [6.07, 6.45) is 1.81. The minimum Gasteiger partial charge on any atom is -0.458 e. The van der Waals surface area contributed by atoms with E-state index < -0.39 is 68.8 Å². The van der Waals surface area contributed by atoms with Crippen LogP contribution in [-0.2, 0) is 33.4 Å². The lowest BCUT2D eigenvalue weighted by Gasteiger charge is -2.61. The number of cyclic esters (lactones) is 2. The van der Waals surface area contributed by atoms with Gasteiger partial charge in [-0.3, -0.25) is 14.4 Å². The molecule has 8 nitrogen and oxygen atoms in total. The van der Waals surface area contributed by atoms with Gasteiger partial charge in [0.1, 0.15) is 23.2 Å². The molecule has 35 heavy (non-hydrogen) atoms. The highest BCUT2D eigenvalue weighted by Crippen LogP contribution is 2.79. The number of esters is 3. The molecule has 7 atom stereocenters. The topological polar surface area (TPSA) is 116 Å². The lowest BCUT2D eigenvalue weighted by atomic mass is 9.41. The number of ether oxygens (including phenoxy) is 3. The molecule has 0 radical (unpaired) electrons. The first kappa shape index (κ1) is 24.0. The van der Waals surface area contributed by atoms with Crippen molar-refractivity contribution in [3.63, 3.8) is 0 Å². The van der Waals surface area contributed by atoms with E-state index in [4.69, 9.17) is 14.2 Å². The molecule has 2 saturated carbocycles. The van der Waals surface area contributed by atoms with Crippen LogP contribution in [0.1, 0.15) is 61.3 Å². The third kappa shape index (κ3) is 2.12. The number of carbonyl (C=O) groups is 4. The first-order valence-corrected chi connectivity index (χ1v) is 12.0. The van der Waals surface area contributed by atoms with Crippen LogP contribution < -0.4 is 0 Å². The van der Waals surface area contributed by atoms with Crippen molar-refractivity contribution < 1.29 is 38.5 Å². The van der Waals surface area contributed by atoms with Crippen LogP contribution in [-0.4, -0.2) is 52.2 Å². The number of hydrogen-bond acceptors (Lipinski definition) is 8. The van der Waals surface area contributed by atoms with E-state index in [1.165, 1.54) is 19.9 Å². The van der Waals surface area contributed by atoms with E-state index in [0.717, 1.165) is 5.57 Å². The summed E-state index contributed by atoms with van der Waals surface area (Å²) in [6, 6.07) is 0. The zero-order valence-corrected chi connectivity index (χ0v) is 21.2. The molecule has 1 N–H and O–H groups in total. The van der Waals surface area contributed by atoms with E-state index in [1.807, 2.05) is 33.8 Å². The normalized spacial score (nSPS) is 47.4. The fourth-order valence-electron chi connectivity index (χ4n) is 8.36. The largest absolute Gasteiger partial charge is 0.458 e. The van der Waals surface area contributed by atoms with Gasteiger partial charge < -0.3 is 19.3 Å². The van der Waals surface area contributed by atoms with Crippen molar-refractivity contribution in [2.24, 2.45) is 21.7 Å². The Hall–Kier alpha value is -2.74. The van der Waals surface area contributed by atoms with Gasteiger partial charge in [0.15, 0.2) is 11.4 Å². The molecule has 0 aromatic heterocycles. The predicted molar refractivity (Wildman–Crippen MR) is 123 cm³/mol. The van der Waals surface area contributed by atoms with Crippen molar-refractivity contribution in [3.8, 4) is 0 Å². The van der Waals surface area contributed by atoms with Crippen molar-refractivity contribution in [3.05, 3.63) is 35.5 Å². The number of ketones is 1. The molecule has 1 saturated heterocycles. The first-order valence-electron chi connectivity index (χ1n) is 12.0. The van der Waals surface area contributed by atoms with E-state index in [1.54, 1.807) is 6.92 Å². The molecule has 188 valence electrons. The maximum Gasteiger partial charge on any atom is 0.331 e. The molecule has 8 heteroatoms. The molecule has 3 fully saturated rings. The third-order valence-electron chi connectivity index (χ3n) is 10.2. The van der Waals surface area contributed by atoms with Gasteiger partial charge in [0, 0.05) is 23.8 Å². The Morgan fingerprint density at radius 2 is 1.80 bits per heavy atom. The Bertz CT molecular complexity index is 1210. The summed E-state index contributed by atoms with van der Waals surface area (Å²) in [5.74, 6) is -2.37. The summed E-state index contributed by atoms with van der Waals surface area (Å²) in [6.45, 7) is 15.9. The fraction of sp³-hybridized carbons (Fsp3) is 0.630. The van der Waals surface area contributed by atoms with Crippen molar-refractivity contribution in [1.29, 1.82) is 0 Å². The monoisotopic (exact) mass is 484 g/mol. The van der Waals surface area contributed by atoms with Gasteiger partial charge in [-0.1, -0.05) is 25.2 Å². The van der Waals surface area contributed by atoms with Gasteiger partial charge in [-0.05, 0) is 58.6 Å². The van der Waals surface area contributed by atoms with E-state index in [0.29, 0.717) is 18.4 Å². The van der Waals surface area contributed by atoms with Crippen LogP contribution in [0, 0.1) is 21.7 Å². The zero-order chi connectivity index (χ0) is 26.1. The second-order valence-electron chi connectivity index (χ2n) is 11.7. The van der Waals surface area contributed by atoms with E-state index in [-0.39, 0.29) is 5.57 Å². The SMILES string of the molecule is C=C1[C@@]2(C)C(=O)[C@@]3(O)[C@H](C)OC(=O)[C@@]13[C@]1(C)CC[C@]3(C=CC(=O)OC3(C)C)C(C)=C1[C@H]2OC(C)=O. The van der Waals surface area contributed by atoms with Gasteiger partial charge >= 0.3 is 17.9 Å². The maximum absolute atomic E-state index is 14.2.